The molecule has 0 atom stereocenters. The maximum absolute atomic E-state index is 3.25. The summed E-state index contributed by atoms with van der Waals surface area (Å²) >= 11 is 0. The summed E-state index contributed by atoms with van der Waals surface area (Å²) in [6.45, 7) is 11.5. The number of rotatable bonds is 0. The molecule has 0 aliphatic rings. The van der Waals surface area contributed by atoms with Crippen LogP contribution in [0.2, 0.25) is 0 Å². The van der Waals surface area contributed by atoms with Crippen LogP contribution in [0.15, 0.2) is 12.7 Å². The SMILES string of the molecule is C=C[CH2-].Cl.[CH2-]C.[Mg+2]. The summed E-state index contributed by atoms with van der Waals surface area (Å²) in [6.07, 6.45) is 1.50. The Bertz CT molecular complexity index is 15.6. The van der Waals surface area contributed by atoms with Crippen molar-refractivity contribution in [1.82, 2.24) is 0 Å². The molecule has 0 N–H and O–H groups in total. The molecular formula is C5H11ClMg. The molecule has 0 aliphatic heterocycles. The van der Waals surface area contributed by atoms with Gasteiger partial charge in [-0.3, -0.25) is 0 Å². The zero-order valence-corrected chi connectivity index (χ0v) is 7.04. The van der Waals surface area contributed by atoms with Crippen LogP contribution in [-0.2, 0) is 0 Å². The number of halogens is 1. The van der Waals surface area contributed by atoms with Crippen LogP contribution < -0.4 is 0 Å². The van der Waals surface area contributed by atoms with E-state index in [2.05, 4.69) is 20.4 Å². The molecule has 2 heteroatoms. The summed E-state index contributed by atoms with van der Waals surface area (Å²) in [6, 6.07) is 0. The second-order valence-corrected chi connectivity index (χ2v) is 0.289. The van der Waals surface area contributed by atoms with Gasteiger partial charge in [0, 0.05) is 0 Å². The number of hydrogen-bond donors (Lipinski definition) is 0. The topological polar surface area (TPSA) is 0 Å². The molecule has 0 aromatic rings. The Morgan fingerprint density at radius 2 is 1.43 bits per heavy atom. The quantitative estimate of drug-likeness (QED) is 0.347. The third-order valence-corrected chi connectivity index (χ3v) is 0. The summed E-state index contributed by atoms with van der Waals surface area (Å²) in [5.41, 5.74) is 0. The van der Waals surface area contributed by atoms with E-state index in [0.29, 0.717) is 0 Å². The molecule has 0 rings (SSSR count). The molecule has 0 spiro atoms. The molecule has 7 heavy (non-hydrogen) atoms. The minimum absolute atomic E-state index is 0. The van der Waals surface area contributed by atoms with Gasteiger partial charge in [-0.15, -0.1) is 12.4 Å². The van der Waals surface area contributed by atoms with E-state index in [0.717, 1.165) is 0 Å². The van der Waals surface area contributed by atoms with Crippen molar-refractivity contribution in [2.75, 3.05) is 0 Å². The van der Waals surface area contributed by atoms with Crippen molar-refractivity contribution in [3.05, 3.63) is 26.5 Å². The third-order valence-electron chi connectivity index (χ3n) is 0. The molecule has 0 bridgehead atoms. The predicted molar refractivity (Wildman–Crippen MR) is 39.6 cm³/mol. The Kier molecular flexibility index (Phi) is 279. The summed E-state index contributed by atoms with van der Waals surface area (Å²) in [5.74, 6) is 0. The molecule has 0 aromatic heterocycles. The van der Waals surface area contributed by atoms with Crippen molar-refractivity contribution in [2.24, 2.45) is 0 Å². The Labute approximate surface area is 68.9 Å². The molecule has 0 aliphatic carbocycles. The van der Waals surface area contributed by atoms with Gasteiger partial charge in [-0.25, -0.2) is 19.6 Å². The van der Waals surface area contributed by atoms with Gasteiger partial charge in [0.25, 0.3) is 0 Å². The predicted octanol–water partition coefficient (Wildman–Crippen LogP) is 1.89. The van der Waals surface area contributed by atoms with E-state index in [4.69, 9.17) is 0 Å². The summed E-state index contributed by atoms with van der Waals surface area (Å²) in [5, 5.41) is 0. The van der Waals surface area contributed by atoms with E-state index >= 15 is 0 Å². The summed E-state index contributed by atoms with van der Waals surface area (Å²) in [7, 11) is 0. The fraction of sp³-hybridized carbons (Fsp3) is 0.200. The van der Waals surface area contributed by atoms with Gasteiger partial charge in [-0.05, 0) is 0 Å². The fourth-order valence-corrected chi connectivity index (χ4v) is 0. The monoisotopic (exact) mass is 130 g/mol. The third kappa shape index (κ3) is 327. The fourth-order valence-electron chi connectivity index (χ4n) is 0. The van der Waals surface area contributed by atoms with Crippen LogP contribution in [0.5, 0.6) is 0 Å². The van der Waals surface area contributed by atoms with Crippen LogP contribution in [0, 0.1) is 13.8 Å². The first-order valence-corrected chi connectivity index (χ1v) is 1.52. The molecule has 0 saturated carbocycles. The number of hydrogen-bond acceptors (Lipinski definition) is 0. The second-order valence-electron chi connectivity index (χ2n) is 0.289. The van der Waals surface area contributed by atoms with Gasteiger partial charge in [0.2, 0.25) is 0 Å². The van der Waals surface area contributed by atoms with Crippen molar-refractivity contribution < 1.29 is 0 Å². The van der Waals surface area contributed by atoms with Gasteiger partial charge in [0.1, 0.15) is 0 Å². The van der Waals surface area contributed by atoms with E-state index < -0.39 is 0 Å². The first kappa shape index (κ1) is 25.3. The maximum Gasteiger partial charge on any atom is 2.00 e. The van der Waals surface area contributed by atoms with E-state index in [1.165, 1.54) is 6.08 Å². The van der Waals surface area contributed by atoms with Crippen molar-refractivity contribution in [3.8, 4) is 0 Å². The van der Waals surface area contributed by atoms with Gasteiger partial charge < -0.3 is 6.92 Å². The molecule has 0 nitrogen and oxygen atoms in total. The molecule has 0 radical (unpaired) electrons. The minimum atomic E-state index is 0. The molecule has 0 aromatic carbocycles. The molecule has 0 amide bonds. The first-order chi connectivity index (χ1) is 2.41. The molecule has 0 heterocycles. The van der Waals surface area contributed by atoms with Crippen LogP contribution in [0.3, 0.4) is 0 Å². The molecule has 0 fully saturated rings. The average molecular weight is 131 g/mol. The zero-order valence-electron chi connectivity index (χ0n) is 4.81. The molecule has 0 unspecified atom stereocenters. The Morgan fingerprint density at radius 1 is 1.43 bits per heavy atom. The normalized spacial score (nSPS) is 2.57. The Morgan fingerprint density at radius 3 is 1.43 bits per heavy atom. The van der Waals surface area contributed by atoms with E-state index in [9.17, 15) is 0 Å². The Balaban J connectivity index is -0.0000000105. The van der Waals surface area contributed by atoms with Crippen LogP contribution in [0.4, 0.5) is 0 Å². The van der Waals surface area contributed by atoms with E-state index in [-0.39, 0.29) is 35.5 Å². The first-order valence-electron chi connectivity index (χ1n) is 1.52. The van der Waals surface area contributed by atoms with Crippen molar-refractivity contribution in [1.29, 1.82) is 0 Å². The molecule has 0 saturated heterocycles. The summed E-state index contributed by atoms with van der Waals surface area (Å²) < 4.78 is 0. The van der Waals surface area contributed by atoms with Crippen molar-refractivity contribution in [2.45, 2.75) is 6.92 Å². The second kappa shape index (κ2) is 77.1. The van der Waals surface area contributed by atoms with E-state index in [1.807, 2.05) is 0 Å². The van der Waals surface area contributed by atoms with Gasteiger partial charge in [0.05, 0.1) is 0 Å². The maximum atomic E-state index is 3.25. The van der Waals surface area contributed by atoms with Crippen LogP contribution in [0.25, 0.3) is 0 Å². The largest absolute Gasteiger partial charge is 2.00 e. The summed E-state index contributed by atoms with van der Waals surface area (Å²) in [4.78, 5) is 0. The van der Waals surface area contributed by atoms with E-state index in [1.54, 1.807) is 6.92 Å². The average Bonchev–Trinajstić information content (AvgIpc) is 1.46. The smallest absolute Gasteiger partial charge is 0.346 e. The van der Waals surface area contributed by atoms with Crippen molar-refractivity contribution in [3.63, 3.8) is 0 Å². The number of allylic oxidation sites excluding steroid dienone is 1. The van der Waals surface area contributed by atoms with Gasteiger partial charge >= 0.3 is 23.1 Å². The molecule has 40 valence electrons. The van der Waals surface area contributed by atoms with Gasteiger partial charge in [-0.2, -0.15) is 6.92 Å². The van der Waals surface area contributed by atoms with Crippen LogP contribution in [-0.4, -0.2) is 23.1 Å². The van der Waals surface area contributed by atoms with Crippen molar-refractivity contribution >= 4 is 35.5 Å². The molecular weight excluding hydrogens is 120 g/mol. The zero-order chi connectivity index (χ0) is 4.71. The minimum Gasteiger partial charge on any atom is -0.346 e. The van der Waals surface area contributed by atoms with Crippen LogP contribution >= 0.6 is 12.4 Å². The van der Waals surface area contributed by atoms with Crippen LogP contribution in [0.1, 0.15) is 6.92 Å². The standard InChI is InChI=1S/C3H5.C2H5.ClH.Mg/c1-3-2;1-2;;/h3H,1-2H2;1H2,2H3;1H;/q2*-1;;+2. The van der Waals surface area contributed by atoms with Gasteiger partial charge in [0.15, 0.2) is 0 Å². The Hall–Kier alpha value is 0.666. The van der Waals surface area contributed by atoms with Gasteiger partial charge in [-0.1, -0.05) is 0 Å².